The SMILES string of the molecule is CC1(C)CCC(C(=O)c2cccc(Br)c2F)CC1. The van der Waals surface area contributed by atoms with E-state index in [2.05, 4.69) is 29.8 Å². The van der Waals surface area contributed by atoms with Gasteiger partial charge in [0.25, 0.3) is 0 Å². The van der Waals surface area contributed by atoms with Crippen LogP contribution in [0.5, 0.6) is 0 Å². The maximum Gasteiger partial charge on any atom is 0.168 e. The first-order valence-electron chi connectivity index (χ1n) is 6.39. The normalized spacial score (nSPS) is 19.8. The highest BCUT2D eigenvalue weighted by Gasteiger charge is 2.32. The van der Waals surface area contributed by atoms with Crippen molar-refractivity contribution >= 4 is 21.7 Å². The molecule has 0 bridgehead atoms. The number of rotatable bonds is 2. The molecule has 1 saturated carbocycles. The maximum atomic E-state index is 13.9. The minimum atomic E-state index is -0.424. The molecule has 3 heteroatoms. The topological polar surface area (TPSA) is 17.1 Å². The molecule has 1 fully saturated rings. The van der Waals surface area contributed by atoms with Gasteiger partial charge < -0.3 is 0 Å². The zero-order chi connectivity index (χ0) is 13.3. The molecule has 1 aromatic rings. The van der Waals surface area contributed by atoms with Crippen LogP contribution in [0.2, 0.25) is 0 Å². The smallest absolute Gasteiger partial charge is 0.168 e. The van der Waals surface area contributed by atoms with E-state index in [4.69, 9.17) is 0 Å². The number of halogens is 2. The number of hydrogen-bond acceptors (Lipinski definition) is 1. The minimum Gasteiger partial charge on any atom is -0.294 e. The van der Waals surface area contributed by atoms with Crippen molar-refractivity contribution in [1.82, 2.24) is 0 Å². The average molecular weight is 313 g/mol. The van der Waals surface area contributed by atoms with Crippen LogP contribution in [-0.2, 0) is 0 Å². The van der Waals surface area contributed by atoms with E-state index in [9.17, 15) is 9.18 Å². The second-order valence-electron chi connectivity index (χ2n) is 5.90. The van der Waals surface area contributed by atoms with Crippen molar-refractivity contribution in [3.63, 3.8) is 0 Å². The predicted octanol–water partition coefficient (Wildman–Crippen LogP) is 4.99. The molecule has 18 heavy (non-hydrogen) atoms. The quantitative estimate of drug-likeness (QED) is 0.703. The van der Waals surface area contributed by atoms with Crippen molar-refractivity contribution in [3.05, 3.63) is 34.1 Å². The highest BCUT2D eigenvalue weighted by atomic mass is 79.9. The number of carbonyl (C=O) groups excluding carboxylic acids is 1. The summed E-state index contributed by atoms with van der Waals surface area (Å²) in [5.41, 5.74) is 0.557. The highest BCUT2D eigenvalue weighted by molar-refractivity contribution is 9.10. The molecular weight excluding hydrogens is 295 g/mol. The van der Waals surface area contributed by atoms with Crippen LogP contribution in [0.25, 0.3) is 0 Å². The first-order valence-corrected chi connectivity index (χ1v) is 7.18. The molecule has 1 nitrogen and oxygen atoms in total. The summed E-state index contributed by atoms with van der Waals surface area (Å²) in [4.78, 5) is 12.3. The van der Waals surface area contributed by atoms with Crippen LogP contribution in [0.3, 0.4) is 0 Å². The van der Waals surface area contributed by atoms with Crippen molar-refractivity contribution in [2.45, 2.75) is 39.5 Å². The van der Waals surface area contributed by atoms with Gasteiger partial charge >= 0.3 is 0 Å². The Bertz CT molecular complexity index is 458. The van der Waals surface area contributed by atoms with Gasteiger partial charge in [-0.15, -0.1) is 0 Å². The number of carbonyl (C=O) groups is 1. The molecule has 1 aliphatic rings. The summed E-state index contributed by atoms with van der Waals surface area (Å²) in [5.74, 6) is -0.474. The van der Waals surface area contributed by atoms with Gasteiger partial charge in [-0.1, -0.05) is 19.9 Å². The molecule has 0 heterocycles. The van der Waals surface area contributed by atoms with E-state index >= 15 is 0 Å². The Morgan fingerprint density at radius 3 is 2.56 bits per heavy atom. The van der Waals surface area contributed by atoms with Gasteiger partial charge in [-0.05, 0) is 59.2 Å². The van der Waals surface area contributed by atoms with E-state index in [1.54, 1.807) is 18.2 Å². The van der Waals surface area contributed by atoms with E-state index in [0.29, 0.717) is 9.89 Å². The van der Waals surface area contributed by atoms with E-state index in [1.807, 2.05) is 0 Å². The molecule has 0 radical (unpaired) electrons. The molecule has 0 saturated heterocycles. The fourth-order valence-corrected chi connectivity index (χ4v) is 2.94. The van der Waals surface area contributed by atoms with Crippen molar-refractivity contribution in [2.24, 2.45) is 11.3 Å². The Labute approximate surface area is 116 Å². The molecule has 0 unspecified atom stereocenters. The van der Waals surface area contributed by atoms with Gasteiger partial charge in [-0.3, -0.25) is 4.79 Å². The zero-order valence-electron chi connectivity index (χ0n) is 10.8. The van der Waals surface area contributed by atoms with E-state index in [1.165, 1.54) is 0 Å². The van der Waals surface area contributed by atoms with Crippen molar-refractivity contribution in [1.29, 1.82) is 0 Å². The Morgan fingerprint density at radius 1 is 1.33 bits per heavy atom. The maximum absolute atomic E-state index is 13.9. The molecule has 0 aromatic heterocycles. The summed E-state index contributed by atoms with van der Waals surface area (Å²) < 4.78 is 14.3. The fraction of sp³-hybridized carbons (Fsp3) is 0.533. The van der Waals surface area contributed by atoms with Gasteiger partial charge in [-0.2, -0.15) is 0 Å². The van der Waals surface area contributed by atoms with Gasteiger partial charge in [0.2, 0.25) is 0 Å². The Morgan fingerprint density at radius 2 is 1.94 bits per heavy atom. The molecule has 0 amide bonds. The summed E-state index contributed by atoms with van der Waals surface area (Å²) in [6.07, 6.45) is 3.83. The third-order valence-electron chi connectivity index (χ3n) is 3.93. The molecule has 0 spiro atoms. The molecule has 0 atom stereocenters. The van der Waals surface area contributed by atoms with Crippen LogP contribution in [0.15, 0.2) is 22.7 Å². The van der Waals surface area contributed by atoms with Crippen molar-refractivity contribution in [3.8, 4) is 0 Å². The van der Waals surface area contributed by atoms with Crippen molar-refractivity contribution < 1.29 is 9.18 Å². The zero-order valence-corrected chi connectivity index (χ0v) is 12.4. The average Bonchev–Trinajstić information content (AvgIpc) is 2.32. The number of Topliss-reactive ketones (excluding diaryl/α,β-unsaturated/α-hetero) is 1. The monoisotopic (exact) mass is 312 g/mol. The van der Waals surface area contributed by atoms with Gasteiger partial charge in [-0.25, -0.2) is 4.39 Å². The number of hydrogen-bond donors (Lipinski definition) is 0. The molecular formula is C15H18BrFO. The summed E-state index contributed by atoms with van der Waals surface area (Å²) >= 11 is 3.13. The molecule has 0 N–H and O–H groups in total. The number of ketones is 1. The fourth-order valence-electron chi connectivity index (χ4n) is 2.58. The van der Waals surface area contributed by atoms with Crippen LogP contribution >= 0.6 is 15.9 Å². The molecule has 1 aromatic carbocycles. The second-order valence-corrected chi connectivity index (χ2v) is 6.76. The molecule has 0 aliphatic heterocycles. The lowest BCUT2D eigenvalue weighted by molar-refractivity contribution is 0.0833. The van der Waals surface area contributed by atoms with E-state index < -0.39 is 5.82 Å². The molecule has 2 rings (SSSR count). The van der Waals surface area contributed by atoms with E-state index in [0.717, 1.165) is 25.7 Å². The van der Waals surface area contributed by atoms with E-state index in [-0.39, 0.29) is 17.3 Å². The van der Waals surface area contributed by atoms with Gasteiger partial charge in [0.1, 0.15) is 5.82 Å². The van der Waals surface area contributed by atoms with Gasteiger partial charge in [0, 0.05) is 5.92 Å². The largest absolute Gasteiger partial charge is 0.294 e. The first-order chi connectivity index (χ1) is 8.41. The van der Waals surface area contributed by atoms with Crippen LogP contribution in [0.1, 0.15) is 49.9 Å². The van der Waals surface area contributed by atoms with Crippen LogP contribution in [0.4, 0.5) is 4.39 Å². The summed E-state index contributed by atoms with van der Waals surface area (Å²) in [6.45, 7) is 4.46. The summed E-state index contributed by atoms with van der Waals surface area (Å²) in [6, 6.07) is 4.92. The lowest BCUT2D eigenvalue weighted by Gasteiger charge is -2.33. The third kappa shape index (κ3) is 2.82. The van der Waals surface area contributed by atoms with Crippen LogP contribution in [-0.4, -0.2) is 5.78 Å². The lowest BCUT2D eigenvalue weighted by atomic mass is 9.71. The summed E-state index contributed by atoms with van der Waals surface area (Å²) in [7, 11) is 0. The number of benzene rings is 1. The second kappa shape index (κ2) is 5.12. The van der Waals surface area contributed by atoms with Crippen molar-refractivity contribution in [2.75, 3.05) is 0 Å². The molecule has 1 aliphatic carbocycles. The lowest BCUT2D eigenvalue weighted by Crippen LogP contribution is -2.26. The first kappa shape index (κ1) is 13.7. The Kier molecular flexibility index (Phi) is 3.90. The predicted molar refractivity (Wildman–Crippen MR) is 74.2 cm³/mol. The highest BCUT2D eigenvalue weighted by Crippen LogP contribution is 2.39. The third-order valence-corrected chi connectivity index (χ3v) is 4.54. The van der Waals surface area contributed by atoms with Crippen LogP contribution < -0.4 is 0 Å². The summed E-state index contributed by atoms with van der Waals surface area (Å²) in [5, 5.41) is 0. The van der Waals surface area contributed by atoms with Gasteiger partial charge in [0.05, 0.1) is 10.0 Å². The minimum absolute atomic E-state index is 0.0122. The van der Waals surface area contributed by atoms with Gasteiger partial charge in [0.15, 0.2) is 5.78 Å². The Balaban J connectivity index is 2.15. The standard InChI is InChI=1S/C15H18BrFO/c1-15(2)8-6-10(7-9-15)14(18)11-4-3-5-12(16)13(11)17/h3-5,10H,6-9H2,1-2H3. The Hall–Kier alpha value is -0.700. The van der Waals surface area contributed by atoms with Crippen LogP contribution in [0, 0.1) is 17.2 Å². The molecule has 98 valence electrons.